The molecule has 6 heteroatoms. The van der Waals surface area contributed by atoms with E-state index in [9.17, 15) is 14.4 Å². The van der Waals surface area contributed by atoms with Crippen LogP contribution in [0.3, 0.4) is 0 Å². The van der Waals surface area contributed by atoms with Gasteiger partial charge in [0.1, 0.15) is 6.04 Å². The number of carbonyl (C=O) groups is 3. The second-order valence-corrected chi connectivity index (χ2v) is 4.78. The summed E-state index contributed by atoms with van der Waals surface area (Å²) in [6.45, 7) is 3.60. The maximum atomic E-state index is 12.2. The number of hydrogen-bond acceptors (Lipinski definition) is 4. The standard InChI is InChI=1S/C13H18N2O4/c1-3-19-14-11(16)8(2)15-12(17)9-6-4-5-7-10(9)13(15)18/h4-5,8-10H,3,6-7H2,1-2H3,(H,14,16)/t8-,9+,10+/m0/s1. The molecule has 0 radical (unpaired) electrons. The lowest BCUT2D eigenvalue weighted by molar-refractivity contribution is -0.151. The minimum atomic E-state index is -0.836. The molecule has 1 heterocycles. The van der Waals surface area contributed by atoms with Gasteiger partial charge in [0.15, 0.2) is 0 Å². The van der Waals surface area contributed by atoms with E-state index in [1.807, 2.05) is 12.2 Å². The number of likely N-dealkylation sites (tertiary alicyclic amines) is 1. The molecule has 1 fully saturated rings. The number of rotatable bonds is 4. The van der Waals surface area contributed by atoms with Crippen molar-refractivity contribution in [2.24, 2.45) is 11.8 Å². The summed E-state index contributed by atoms with van der Waals surface area (Å²) in [7, 11) is 0. The second kappa shape index (κ2) is 5.52. The van der Waals surface area contributed by atoms with E-state index in [0.717, 1.165) is 4.90 Å². The average Bonchev–Trinajstić information content (AvgIpc) is 2.68. The van der Waals surface area contributed by atoms with Crippen LogP contribution in [0.15, 0.2) is 12.2 Å². The third-order valence-electron chi connectivity index (χ3n) is 3.63. The first-order valence-corrected chi connectivity index (χ1v) is 6.51. The zero-order valence-electron chi connectivity index (χ0n) is 11.1. The van der Waals surface area contributed by atoms with Gasteiger partial charge in [0.25, 0.3) is 5.91 Å². The van der Waals surface area contributed by atoms with Gasteiger partial charge < -0.3 is 0 Å². The number of allylic oxidation sites excluding steroid dienone is 2. The molecule has 2 rings (SSSR count). The fourth-order valence-corrected chi connectivity index (χ4v) is 2.55. The minimum Gasteiger partial charge on any atom is -0.274 e. The minimum absolute atomic E-state index is 0.251. The van der Waals surface area contributed by atoms with E-state index in [2.05, 4.69) is 5.48 Å². The molecule has 0 aromatic heterocycles. The molecule has 1 aliphatic carbocycles. The lowest BCUT2D eigenvalue weighted by Gasteiger charge is -2.21. The van der Waals surface area contributed by atoms with E-state index in [1.165, 1.54) is 6.92 Å². The Balaban J connectivity index is 2.10. The van der Waals surface area contributed by atoms with Crippen molar-refractivity contribution in [3.05, 3.63) is 12.2 Å². The predicted octanol–water partition coefficient (Wildman–Crippen LogP) is 0.394. The van der Waals surface area contributed by atoms with E-state index in [0.29, 0.717) is 19.4 Å². The molecule has 104 valence electrons. The summed E-state index contributed by atoms with van der Waals surface area (Å²) in [5.41, 5.74) is 2.23. The second-order valence-electron chi connectivity index (χ2n) is 4.78. The number of nitrogens with one attached hydrogen (secondary N) is 1. The molecule has 0 saturated carbocycles. The Morgan fingerprint density at radius 2 is 1.89 bits per heavy atom. The number of imide groups is 1. The Kier molecular flexibility index (Phi) is 3.99. The molecular weight excluding hydrogens is 248 g/mol. The largest absolute Gasteiger partial charge is 0.274 e. The molecule has 3 amide bonds. The summed E-state index contributed by atoms with van der Waals surface area (Å²) in [6.07, 6.45) is 4.98. The fraction of sp³-hybridized carbons (Fsp3) is 0.615. The maximum Gasteiger partial charge on any atom is 0.266 e. The molecule has 1 saturated heterocycles. The van der Waals surface area contributed by atoms with Crippen molar-refractivity contribution in [2.45, 2.75) is 32.7 Å². The van der Waals surface area contributed by atoms with Crippen LogP contribution in [0.4, 0.5) is 0 Å². The smallest absolute Gasteiger partial charge is 0.266 e. The first kappa shape index (κ1) is 13.7. The highest BCUT2D eigenvalue weighted by Gasteiger charge is 2.50. The lowest BCUT2D eigenvalue weighted by Crippen LogP contribution is -2.48. The number of amides is 3. The SMILES string of the molecule is CCONC(=O)[C@H](C)N1C(=O)[C@@H]2CC=CC[C@H]2C1=O. The summed E-state index contributed by atoms with van der Waals surface area (Å²) >= 11 is 0. The van der Waals surface area contributed by atoms with Gasteiger partial charge in [-0.05, 0) is 26.7 Å². The molecule has 2 aliphatic rings. The third-order valence-corrected chi connectivity index (χ3v) is 3.63. The van der Waals surface area contributed by atoms with Crippen LogP contribution in [0.25, 0.3) is 0 Å². The van der Waals surface area contributed by atoms with Gasteiger partial charge in [-0.1, -0.05) is 12.2 Å². The number of carbonyl (C=O) groups excluding carboxylic acids is 3. The number of fused-ring (bicyclic) bond motifs is 1. The van der Waals surface area contributed by atoms with E-state index in [4.69, 9.17) is 4.84 Å². The van der Waals surface area contributed by atoms with E-state index in [1.54, 1.807) is 6.92 Å². The van der Waals surface area contributed by atoms with Gasteiger partial charge in [0.05, 0.1) is 18.4 Å². The zero-order chi connectivity index (χ0) is 14.0. The van der Waals surface area contributed by atoms with E-state index < -0.39 is 11.9 Å². The van der Waals surface area contributed by atoms with Gasteiger partial charge in [0.2, 0.25) is 11.8 Å². The van der Waals surface area contributed by atoms with Crippen LogP contribution >= 0.6 is 0 Å². The number of hydroxylamine groups is 1. The topological polar surface area (TPSA) is 75.7 Å². The molecule has 0 spiro atoms. The van der Waals surface area contributed by atoms with Crippen LogP contribution in [0.5, 0.6) is 0 Å². The van der Waals surface area contributed by atoms with Crippen molar-refractivity contribution in [1.29, 1.82) is 0 Å². The predicted molar refractivity (Wildman–Crippen MR) is 66.4 cm³/mol. The van der Waals surface area contributed by atoms with Crippen LogP contribution in [-0.2, 0) is 19.2 Å². The van der Waals surface area contributed by atoms with Crippen molar-refractivity contribution >= 4 is 17.7 Å². The summed E-state index contributed by atoms with van der Waals surface area (Å²) < 4.78 is 0. The maximum absolute atomic E-state index is 12.2. The van der Waals surface area contributed by atoms with Gasteiger partial charge in [-0.15, -0.1) is 0 Å². The first-order valence-electron chi connectivity index (χ1n) is 6.51. The van der Waals surface area contributed by atoms with E-state index >= 15 is 0 Å². The molecule has 19 heavy (non-hydrogen) atoms. The first-order chi connectivity index (χ1) is 9.07. The van der Waals surface area contributed by atoms with Gasteiger partial charge in [-0.25, -0.2) is 5.48 Å². The quantitative estimate of drug-likeness (QED) is 0.454. The van der Waals surface area contributed by atoms with Crippen LogP contribution in [-0.4, -0.2) is 35.3 Å². The average molecular weight is 266 g/mol. The Bertz CT molecular complexity index is 406. The van der Waals surface area contributed by atoms with Crippen molar-refractivity contribution in [3.63, 3.8) is 0 Å². The van der Waals surface area contributed by atoms with Crippen LogP contribution in [0.2, 0.25) is 0 Å². The molecule has 0 aromatic carbocycles. The Labute approximate surface area is 111 Å². The molecular formula is C13H18N2O4. The van der Waals surface area contributed by atoms with Crippen LogP contribution < -0.4 is 5.48 Å². The number of nitrogens with zero attached hydrogens (tertiary/aromatic N) is 1. The summed E-state index contributed by atoms with van der Waals surface area (Å²) in [5.74, 6) is -1.59. The van der Waals surface area contributed by atoms with Gasteiger partial charge >= 0.3 is 0 Å². The molecule has 3 atom stereocenters. The monoisotopic (exact) mass is 266 g/mol. The normalized spacial score (nSPS) is 27.4. The third kappa shape index (κ3) is 2.40. The Morgan fingerprint density at radius 1 is 1.37 bits per heavy atom. The Morgan fingerprint density at radius 3 is 2.37 bits per heavy atom. The van der Waals surface area contributed by atoms with Crippen molar-refractivity contribution < 1.29 is 19.2 Å². The highest BCUT2D eigenvalue weighted by atomic mass is 16.6. The molecule has 6 nitrogen and oxygen atoms in total. The zero-order valence-corrected chi connectivity index (χ0v) is 11.1. The summed E-state index contributed by atoms with van der Waals surface area (Å²) in [6, 6.07) is -0.836. The Hall–Kier alpha value is -1.69. The van der Waals surface area contributed by atoms with Crippen LogP contribution in [0.1, 0.15) is 26.7 Å². The van der Waals surface area contributed by atoms with Crippen LogP contribution in [0, 0.1) is 11.8 Å². The molecule has 1 N–H and O–H groups in total. The lowest BCUT2D eigenvalue weighted by atomic mass is 9.85. The van der Waals surface area contributed by atoms with Crippen molar-refractivity contribution in [2.75, 3.05) is 6.61 Å². The van der Waals surface area contributed by atoms with Crippen molar-refractivity contribution in [1.82, 2.24) is 10.4 Å². The van der Waals surface area contributed by atoms with Gasteiger partial charge in [-0.2, -0.15) is 0 Å². The highest BCUT2D eigenvalue weighted by Crippen LogP contribution is 2.35. The fourth-order valence-electron chi connectivity index (χ4n) is 2.55. The van der Waals surface area contributed by atoms with Gasteiger partial charge in [0, 0.05) is 0 Å². The van der Waals surface area contributed by atoms with Crippen molar-refractivity contribution in [3.8, 4) is 0 Å². The molecule has 0 aromatic rings. The van der Waals surface area contributed by atoms with Gasteiger partial charge in [-0.3, -0.25) is 24.1 Å². The summed E-state index contributed by atoms with van der Waals surface area (Å²) in [5, 5.41) is 0. The summed E-state index contributed by atoms with van der Waals surface area (Å²) in [4.78, 5) is 42.1. The number of hydrogen-bond donors (Lipinski definition) is 1. The molecule has 0 bridgehead atoms. The molecule has 1 aliphatic heterocycles. The molecule has 0 unspecified atom stereocenters. The van der Waals surface area contributed by atoms with E-state index in [-0.39, 0.29) is 23.7 Å². The highest BCUT2D eigenvalue weighted by molar-refractivity contribution is 6.08.